The van der Waals surface area contributed by atoms with E-state index in [0.717, 1.165) is 61.4 Å². The number of aromatic nitrogens is 1. The molecule has 1 aliphatic heterocycles. The number of benzene rings is 1. The van der Waals surface area contributed by atoms with Crippen LogP contribution in [0.5, 0.6) is 5.75 Å². The quantitative estimate of drug-likeness (QED) is 0.513. The fraction of sp³-hybridized carbons (Fsp3) is 0.409. The molecule has 0 atom stereocenters. The first kappa shape index (κ1) is 21.9. The number of thiophene rings is 1. The van der Waals surface area contributed by atoms with Crippen molar-refractivity contribution in [2.75, 3.05) is 40.0 Å². The molecule has 0 aliphatic carbocycles. The fourth-order valence-electron chi connectivity index (χ4n) is 3.84. The van der Waals surface area contributed by atoms with Gasteiger partial charge in [-0.1, -0.05) is 0 Å². The van der Waals surface area contributed by atoms with Crippen LogP contribution in [0.15, 0.2) is 30.3 Å². The molecule has 1 saturated heterocycles. The molecule has 0 N–H and O–H groups in total. The zero-order chi connectivity index (χ0) is 22.2. The number of carbonyl (C=O) groups excluding carboxylic acids is 1. The molecule has 3 heterocycles. The third kappa shape index (κ3) is 4.49. The van der Waals surface area contributed by atoms with Crippen LogP contribution in [0.4, 0.5) is 13.2 Å². The number of hydrogen-bond acceptors (Lipinski definition) is 5. The van der Waals surface area contributed by atoms with E-state index in [4.69, 9.17) is 9.47 Å². The number of halogens is 3. The maximum absolute atomic E-state index is 13.6. The van der Waals surface area contributed by atoms with E-state index >= 15 is 0 Å². The summed E-state index contributed by atoms with van der Waals surface area (Å²) in [5, 5.41) is 0.870. The Morgan fingerprint density at radius 3 is 2.58 bits per heavy atom. The smallest absolute Gasteiger partial charge is 0.417 e. The van der Waals surface area contributed by atoms with Gasteiger partial charge < -0.3 is 14.0 Å². The zero-order valence-electron chi connectivity index (χ0n) is 17.3. The molecule has 0 bridgehead atoms. The molecule has 2 aromatic heterocycles. The van der Waals surface area contributed by atoms with E-state index in [1.807, 2.05) is 13.0 Å². The molecule has 4 rings (SSSR count). The molecule has 3 aromatic rings. The Bertz CT molecular complexity index is 1100. The number of rotatable bonds is 6. The molecule has 1 aromatic carbocycles. The van der Waals surface area contributed by atoms with Crippen LogP contribution >= 0.6 is 11.3 Å². The van der Waals surface area contributed by atoms with Gasteiger partial charge in [0, 0.05) is 42.8 Å². The van der Waals surface area contributed by atoms with E-state index in [-0.39, 0.29) is 11.3 Å². The monoisotopic (exact) mass is 452 g/mol. The van der Waals surface area contributed by atoms with E-state index in [9.17, 15) is 18.0 Å². The van der Waals surface area contributed by atoms with E-state index in [1.54, 1.807) is 6.07 Å². The number of fused-ring (bicyclic) bond motifs is 1. The van der Waals surface area contributed by atoms with Gasteiger partial charge >= 0.3 is 6.18 Å². The highest BCUT2D eigenvalue weighted by Gasteiger charge is 2.36. The Kier molecular flexibility index (Phi) is 6.09. The second-order valence-corrected chi connectivity index (χ2v) is 8.53. The largest absolute Gasteiger partial charge is 0.497 e. The first-order valence-electron chi connectivity index (χ1n) is 9.97. The van der Waals surface area contributed by atoms with E-state index < -0.39 is 17.5 Å². The lowest BCUT2D eigenvalue weighted by molar-refractivity contribution is -0.138. The van der Waals surface area contributed by atoms with Gasteiger partial charge in [0.1, 0.15) is 10.6 Å². The maximum Gasteiger partial charge on any atom is 0.417 e. The van der Waals surface area contributed by atoms with Crippen LogP contribution in [0.2, 0.25) is 0 Å². The topological polar surface area (TPSA) is 43.7 Å². The number of alkyl halides is 3. The summed E-state index contributed by atoms with van der Waals surface area (Å²) in [6.45, 7) is 6.82. The van der Waals surface area contributed by atoms with Gasteiger partial charge in [0.25, 0.3) is 0 Å². The lowest BCUT2D eigenvalue weighted by Gasteiger charge is -2.26. The van der Waals surface area contributed by atoms with Gasteiger partial charge in [0.05, 0.1) is 30.8 Å². The summed E-state index contributed by atoms with van der Waals surface area (Å²) in [7, 11) is 1.29. The van der Waals surface area contributed by atoms with Crippen molar-refractivity contribution in [2.24, 2.45) is 0 Å². The predicted octanol–water partition coefficient (Wildman–Crippen LogP) is 4.60. The highest BCUT2D eigenvalue weighted by atomic mass is 32.1. The summed E-state index contributed by atoms with van der Waals surface area (Å²) in [6.07, 6.45) is -4.65. The number of ketones is 1. The van der Waals surface area contributed by atoms with Crippen molar-refractivity contribution >= 4 is 27.3 Å². The molecule has 0 saturated carbocycles. The highest BCUT2D eigenvalue weighted by Crippen LogP contribution is 2.37. The Labute approximate surface area is 182 Å². The number of aryl methyl sites for hydroxylation is 1. The lowest BCUT2D eigenvalue weighted by atomic mass is 10.0. The summed E-state index contributed by atoms with van der Waals surface area (Å²) >= 11 is 1.24. The Morgan fingerprint density at radius 2 is 1.90 bits per heavy atom. The molecular formula is C22H23F3N2O3S. The first-order valence-corrected chi connectivity index (χ1v) is 10.8. The first-order chi connectivity index (χ1) is 14.8. The molecule has 0 unspecified atom stereocenters. The van der Waals surface area contributed by atoms with Crippen molar-refractivity contribution in [1.82, 2.24) is 9.47 Å². The van der Waals surface area contributed by atoms with Crippen molar-refractivity contribution in [1.29, 1.82) is 0 Å². The zero-order valence-corrected chi connectivity index (χ0v) is 18.1. The number of morpholine rings is 1. The van der Waals surface area contributed by atoms with E-state index in [1.165, 1.54) is 30.6 Å². The minimum Gasteiger partial charge on any atom is -0.497 e. The Hall–Kier alpha value is -2.36. The molecule has 0 spiro atoms. The molecule has 0 radical (unpaired) electrons. The number of methoxy groups -OCH3 is 1. The van der Waals surface area contributed by atoms with Crippen LogP contribution in [-0.4, -0.2) is 55.2 Å². The molecule has 1 aliphatic rings. The number of carbonyl (C=O) groups is 1. The molecule has 1 fully saturated rings. The van der Waals surface area contributed by atoms with E-state index in [2.05, 4.69) is 9.47 Å². The molecule has 5 nitrogen and oxygen atoms in total. The average Bonchev–Trinajstić information content (AvgIpc) is 3.28. The van der Waals surface area contributed by atoms with Gasteiger partial charge in [0.15, 0.2) is 0 Å². The van der Waals surface area contributed by atoms with Crippen LogP contribution in [0.25, 0.3) is 10.2 Å². The van der Waals surface area contributed by atoms with Gasteiger partial charge in [-0.2, -0.15) is 13.2 Å². The normalized spacial score (nSPS) is 15.5. The summed E-state index contributed by atoms with van der Waals surface area (Å²) in [5.74, 6) is -0.570. The van der Waals surface area contributed by atoms with Gasteiger partial charge in [-0.3, -0.25) is 9.69 Å². The molecule has 166 valence electrons. The van der Waals surface area contributed by atoms with Crippen molar-refractivity contribution in [3.05, 3.63) is 52.0 Å². The van der Waals surface area contributed by atoms with Crippen molar-refractivity contribution in [2.45, 2.75) is 19.6 Å². The van der Waals surface area contributed by atoms with Crippen LogP contribution in [0, 0.1) is 6.92 Å². The standard InChI is InChI=1S/C22H23F3N2O3S/c1-14-11-15-12-19(31-21(15)27(14)6-5-26-7-9-30-10-8-26)20(28)17-4-3-16(29-2)13-18(17)22(23,24)25/h3-4,11-13H,5-10H2,1-2H3. The number of ether oxygens (including phenoxy) is 2. The van der Waals surface area contributed by atoms with Crippen molar-refractivity contribution in [3.63, 3.8) is 0 Å². The maximum atomic E-state index is 13.6. The second-order valence-electron chi connectivity index (χ2n) is 7.50. The Balaban J connectivity index is 1.63. The molecular weight excluding hydrogens is 429 g/mol. The van der Waals surface area contributed by atoms with Gasteiger partial charge in [0.2, 0.25) is 5.78 Å². The summed E-state index contributed by atoms with van der Waals surface area (Å²) in [5.41, 5.74) is -0.288. The molecule has 9 heteroatoms. The highest BCUT2D eigenvalue weighted by molar-refractivity contribution is 7.20. The summed E-state index contributed by atoms with van der Waals surface area (Å²) < 4.78 is 53.1. The van der Waals surface area contributed by atoms with Crippen molar-refractivity contribution in [3.8, 4) is 5.75 Å². The third-order valence-electron chi connectivity index (χ3n) is 5.52. The van der Waals surface area contributed by atoms with E-state index in [0.29, 0.717) is 4.88 Å². The van der Waals surface area contributed by atoms with Crippen LogP contribution < -0.4 is 4.74 Å². The average molecular weight is 452 g/mol. The second kappa shape index (κ2) is 8.64. The number of hydrogen-bond donors (Lipinski definition) is 0. The van der Waals surface area contributed by atoms with Crippen molar-refractivity contribution < 1.29 is 27.4 Å². The van der Waals surface area contributed by atoms with Crippen LogP contribution in [0.3, 0.4) is 0 Å². The fourth-order valence-corrected chi connectivity index (χ4v) is 5.02. The number of nitrogens with zero attached hydrogens (tertiary/aromatic N) is 2. The van der Waals surface area contributed by atoms with Gasteiger partial charge in [-0.15, -0.1) is 11.3 Å². The van der Waals surface area contributed by atoms with Gasteiger partial charge in [-0.05, 0) is 37.3 Å². The lowest BCUT2D eigenvalue weighted by Crippen LogP contribution is -2.38. The summed E-state index contributed by atoms with van der Waals surface area (Å²) in [6, 6.07) is 7.09. The minimum atomic E-state index is -4.65. The van der Waals surface area contributed by atoms with Crippen LogP contribution in [0.1, 0.15) is 26.5 Å². The van der Waals surface area contributed by atoms with Crippen LogP contribution in [-0.2, 0) is 17.5 Å². The Morgan fingerprint density at radius 1 is 1.16 bits per heavy atom. The van der Waals surface area contributed by atoms with Gasteiger partial charge in [-0.25, -0.2) is 0 Å². The minimum absolute atomic E-state index is 0.0606. The molecule has 0 amide bonds. The summed E-state index contributed by atoms with van der Waals surface area (Å²) in [4.78, 5) is 16.5. The predicted molar refractivity (Wildman–Crippen MR) is 113 cm³/mol. The molecule has 31 heavy (non-hydrogen) atoms. The third-order valence-corrected chi connectivity index (χ3v) is 6.69. The SMILES string of the molecule is COc1ccc(C(=O)c2cc3cc(C)n(CCN4CCOCC4)c3s2)c(C(F)(F)F)c1.